The molecule has 3 rings (SSSR count). The van der Waals surface area contributed by atoms with Gasteiger partial charge in [-0.1, -0.05) is 24.3 Å². The van der Waals surface area contributed by atoms with Crippen LogP contribution >= 0.6 is 23.5 Å². The van der Waals surface area contributed by atoms with Gasteiger partial charge in [-0.3, -0.25) is 0 Å². The third kappa shape index (κ3) is 3.23. The number of thioether (sulfide) groups is 2. The second-order valence-corrected chi connectivity index (χ2v) is 8.28. The highest BCUT2D eigenvalue weighted by Gasteiger charge is 2.19. The summed E-state index contributed by atoms with van der Waals surface area (Å²) in [5, 5.41) is 8.93. The number of fused-ring (bicyclic) bond motifs is 1. The zero-order chi connectivity index (χ0) is 15.7. The number of rotatable bonds is 3. The maximum atomic E-state index is 10.9. The van der Waals surface area contributed by atoms with Gasteiger partial charge in [0.15, 0.2) is 0 Å². The van der Waals surface area contributed by atoms with E-state index in [-0.39, 0.29) is 0 Å². The lowest BCUT2D eigenvalue weighted by atomic mass is 10.0. The van der Waals surface area contributed by atoms with Crippen molar-refractivity contribution in [2.45, 2.75) is 28.2 Å². The van der Waals surface area contributed by atoms with Gasteiger partial charge in [0, 0.05) is 9.79 Å². The lowest BCUT2D eigenvalue weighted by Gasteiger charge is -2.05. The summed E-state index contributed by atoms with van der Waals surface area (Å²) in [6, 6.07) is 13.5. The summed E-state index contributed by atoms with van der Waals surface area (Å²) in [5.74, 6) is -0.894. The summed E-state index contributed by atoms with van der Waals surface area (Å²) < 4.78 is 0.582. The Bertz CT molecular complexity index is 748. The fraction of sp³-hybridized carbons (Fsp3) is 0.167. The van der Waals surface area contributed by atoms with E-state index in [0.717, 1.165) is 5.56 Å². The van der Waals surface area contributed by atoms with E-state index in [2.05, 4.69) is 38.1 Å². The van der Waals surface area contributed by atoms with E-state index in [0.29, 0.717) is 10.1 Å². The molecule has 1 aliphatic rings. The number of carbonyl (C=O) groups is 1. The Balaban J connectivity index is 1.85. The first kappa shape index (κ1) is 15.3. The fourth-order valence-corrected chi connectivity index (χ4v) is 4.90. The van der Waals surface area contributed by atoms with Crippen LogP contribution in [0.5, 0.6) is 0 Å². The monoisotopic (exact) mass is 328 g/mol. The predicted molar refractivity (Wildman–Crippen MR) is 94.6 cm³/mol. The molecule has 0 radical (unpaired) electrons. The Morgan fingerprint density at radius 1 is 1.05 bits per heavy atom. The molecule has 1 atom stereocenters. The molecule has 0 saturated carbocycles. The van der Waals surface area contributed by atoms with Crippen LogP contribution in [0, 0.1) is 0 Å². The fourth-order valence-electron chi connectivity index (χ4n) is 2.38. The average Bonchev–Trinajstić information content (AvgIpc) is 2.86. The highest BCUT2D eigenvalue weighted by Crippen LogP contribution is 2.48. The molecule has 1 aliphatic heterocycles. The first-order valence-electron chi connectivity index (χ1n) is 7.02. The molecule has 0 amide bonds. The molecule has 0 aliphatic carbocycles. The van der Waals surface area contributed by atoms with E-state index in [1.807, 2.05) is 35.7 Å². The van der Waals surface area contributed by atoms with Gasteiger partial charge in [0.05, 0.1) is 10.1 Å². The predicted octanol–water partition coefficient (Wildman–Crippen LogP) is 5.49. The molecule has 0 bridgehead atoms. The quantitative estimate of drug-likeness (QED) is 0.756. The molecule has 0 saturated heterocycles. The molecular weight excluding hydrogens is 312 g/mol. The van der Waals surface area contributed by atoms with Crippen molar-refractivity contribution in [3.8, 4) is 0 Å². The van der Waals surface area contributed by atoms with Crippen molar-refractivity contribution in [3.05, 3.63) is 59.2 Å². The molecule has 112 valence electrons. The molecule has 1 unspecified atom stereocenters. The summed E-state index contributed by atoms with van der Waals surface area (Å²) in [5.41, 5.74) is 3.72. The highest BCUT2D eigenvalue weighted by atomic mass is 32.2. The SMILES string of the molecule is C/C(=C\c1ccc(C(=O)O)cc1)c1ccc2c(c1)SC(C)S2. The Hall–Kier alpha value is -1.65. The summed E-state index contributed by atoms with van der Waals surface area (Å²) in [4.78, 5) is 13.6. The van der Waals surface area contributed by atoms with Gasteiger partial charge in [0.2, 0.25) is 0 Å². The Labute approximate surface area is 138 Å². The van der Waals surface area contributed by atoms with Crippen LogP contribution < -0.4 is 0 Å². The van der Waals surface area contributed by atoms with Crippen molar-refractivity contribution in [1.29, 1.82) is 0 Å². The minimum absolute atomic E-state index is 0.315. The molecule has 0 aromatic heterocycles. The zero-order valence-corrected chi connectivity index (χ0v) is 14.0. The smallest absolute Gasteiger partial charge is 0.335 e. The molecule has 2 aromatic carbocycles. The van der Waals surface area contributed by atoms with Crippen LogP contribution in [0.3, 0.4) is 0 Å². The van der Waals surface area contributed by atoms with Crippen molar-refractivity contribution < 1.29 is 9.90 Å². The number of hydrogen-bond acceptors (Lipinski definition) is 3. The number of aromatic carboxylic acids is 1. The van der Waals surface area contributed by atoms with E-state index >= 15 is 0 Å². The first-order chi connectivity index (χ1) is 10.5. The van der Waals surface area contributed by atoms with Gasteiger partial charge in [0.1, 0.15) is 0 Å². The van der Waals surface area contributed by atoms with Crippen molar-refractivity contribution >= 4 is 41.1 Å². The van der Waals surface area contributed by atoms with Gasteiger partial charge in [0.25, 0.3) is 0 Å². The van der Waals surface area contributed by atoms with Crippen LogP contribution in [-0.2, 0) is 0 Å². The Morgan fingerprint density at radius 3 is 2.36 bits per heavy atom. The van der Waals surface area contributed by atoms with Gasteiger partial charge >= 0.3 is 5.97 Å². The van der Waals surface area contributed by atoms with Gasteiger partial charge in [-0.05, 0) is 54.8 Å². The van der Waals surface area contributed by atoms with Crippen LogP contribution in [0.1, 0.15) is 35.3 Å². The summed E-state index contributed by atoms with van der Waals surface area (Å²) in [6.07, 6.45) is 2.09. The van der Waals surface area contributed by atoms with Crippen LogP contribution in [-0.4, -0.2) is 15.7 Å². The van der Waals surface area contributed by atoms with Crippen LogP contribution in [0.4, 0.5) is 0 Å². The molecule has 0 spiro atoms. The van der Waals surface area contributed by atoms with E-state index in [9.17, 15) is 4.79 Å². The molecule has 1 heterocycles. The van der Waals surface area contributed by atoms with E-state index in [4.69, 9.17) is 5.11 Å². The van der Waals surface area contributed by atoms with Gasteiger partial charge < -0.3 is 5.11 Å². The maximum absolute atomic E-state index is 10.9. The van der Waals surface area contributed by atoms with Crippen molar-refractivity contribution in [1.82, 2.24) is 0 Å². The molecular formula is C18H16O2S2. The van der Waals surface area contributed by atoms with Crippen LogP contribution in [0.15, 0.2) is 52.3 Å². The minimum atomic E-state index is -0.894. The first-order valence-corrected chi connectivity index (χ1v) is 8.78. The van der Waals surface area contributed by atoms with Crippen molar-refractivity contribution in [3.63, 3.8) is 0 Å². The van der Waals surface area contributed by atoms with Crippen LogP contribution in [0.2, 0.25) is 0 Å². The second-order valence-electron chi connectivity index (χ2n) is 5.22. The molecule has 22 heavy (non-hydrogen) atoms. The van der Waals surface area contributed by atoms with E-state index < -0.39 is 5.97 Å². The molecule has 0 fully saturated rings. The normalized spacial score (nSPS) is 17.4. The highest BCUT2D eigenvalue weighted by molar-refractivity contribution is 8.19. The topological polar surface area (TPSA) is 37.3 Å². The maximum Gasteiger partial charge on any atom is 0.335 e. The third-order valence-corrected chi connectivity index (χ3v) is 6.10. The Morgan fingerprint density at radius 2 is 1.68 bits per heavy atom. The number of carboxylic acids is 1. The van der Waals surface area contributed by atoms with Crippen molar-refractivity contribution in [2.24, 2.45) is 0 Å². The summed E-state index contributed by atoms with van der Waals surface area (Å²) in [7, 11) is 0. The number of hydrogen-bond donors (Lipinski definition) is 1. The number of allylic oxidation sites excluding steroid dienone is 1. The van der Waals surface area contributed by atoms with E-state index in [1.54, 1.807) is 12.1 Å². The number of benzene rings is 2. The summed E-state index contributed by atoms with van der Waals surface area (Å²) in [6.45, 7) is 4.31. The largest absolute Gasteiger partial charge is 0.478 e. The lowest BCUT2D eigenvalue weighted by Crippen LogP contribution is -1.94. The van der Waals surface area contributed by atoms with Crippen LogP contribution in [0.25, 0.3) is 11.6 Å². The van der Waals surface area contributed by atoms with Gasteiger partial charge in [-0.2, -0.15) is 0 Å². The van der Waals surface area contributed by atoms with E-state index in [1.165, 1.54) is 20.9 Å². The summed E-state index contributed by atoms with van der Waals surface area (Å²) >= 11 is 3.81. The molecule has 4 heteroatoms. The lowest BCUT2D eigenvalue weighted by molar-refractivity contribution is 0.0697. The number of carboxylic acid groups (broad SMARTS) is 1. The third-order valence-electron chi connectivity index (χ3n) is 3.53. The molecule has 2 aromatic rings. The zero-order valence-electron chi connectivity index (χ0n) is 12.4. The van der Waals surface area contributed by atoms with Crippen molar-refractivity contribution in [2.75, 3.05) is 0 Å². The second kappa shape index (κ2) is 6.23. The van der Waals surface area contributed by atoms with Gasteiger partial charge in [-0.25, -0.2) is 4.79 Å². The van der Waals surface area contributed by atoms with Gasteiger partial charge in [-0.15, -0.1) is 23.5 Å². The average molecular weight is 328 g/mol. The Kier molecular flexibility index (Phi) is 4.32. The molecule has 1 N–H and O–H groups in total. The minimum Gasteiger partial charge on any atom is -0.478 e. The molecule has 2 nitrogen and oxygen atoms in total. The standard InChI is InChI=1S/C18H16O2S2/c1-11(9-13-3-5-14(6-4-13)18(19)20)15-7-8-16-17(10-15)22-12(2)21-16/h3-10,12H,1-2H3,(H,19,20)/b11-9+.